The molecule has 1 aromatic heterocycles. The molecule has 2 aliphatic heterocycles. The SMILES string of the molecule is NC1NC(=S)c2ncn([C@H]3CC(O)C(CO)O3)c2N1. The van der Waals surface area contributed by atoms with Crippen molar-refractivity contribution in [1.29, 1.82) is 0 Å². The highest BCUT2D eigenvalue weighted by atomic mass is 32.1. The minimum atomic E-state index is -0.699. The Morgan fingerprint density at radius 3 is 3.05 bits per heavy atom. The Morgan fingerprint density at radius 1 is 1.58 bits per heavy atom. The van der Waals surface area contributed by atoms with Gasteiger partial charge in [-0.2, -0.15) is 0 Å². The van der Waals surface area contributed by atoms with Crippen LogP contribution in [0.5, 0.6) is 0 Å². The topological polar surface area (TPSA) is 118 Å². The van der Waals surface area contributed by atoms with Crippen LogP contribution in [0.4, 0.5) is 5.82 Å². The van der Waals surface area contributed by atoms with Crippen molar-refractivity contribution in [2.45, 2.75) is 31.1 Å². The maximum atomic E-state index is 9.76. The van der Waals surface area contributed by atoms with Gasteiger partial charge in [-0.3, -0.25) is 10.3 Å². The van der Waals surface area contributed by atoms with E-state index in [2.05, 4.69) is 15.6 Å². The standard InChI is InChI=1S/C10H15N5O3S/c11-10-13-8-7(9(19)14-10)12-3-15(8)6-1-4(17)5(2-16)18-6/h3-6,10,13,16-17H,1-2,11H2,(H,14,19)/t4?,5?,6-,10?/m1/s1. The monoisotopic (exact) mass is 285 g/mol. The Bertz CT molecular complexity index is 507. The summed E-state index contributed by atoms with van der Waals surface area (Å²) in [7, 11) is 0. The fraction of sp³-hybridized carbons (Fsp3) is 0.600. The molecule has 2 aliphatic rings. The number of nitrogens with two attached hydrogens (primary N) is 1. The predicted octanol–water partition coefficient (Wildman–Crippen LogP) is -1.54. The molecule has 0 radical (unpaired) electrons. The number of anilines is 1. The Kier molecular flexibility index (Phi) is 3.15. The lowest BCUT2D eigenvalue weighted by Gasteiger charge is -2.26. The van der Waals surface area contributed by atoms with Crippen LogP contribution in [0.15, 0.2) is 6.33 Å². The molecular weight excluding hydrogens is 270 g/mol. The molecule has 0 bridgehead atoms. The van der Waals surface area contributed by atoms with E-state index < -0.39 is 24.7 Å². The summed E-state index contributed by atoms with van der Waals surface area (Å²) in [6, 6.07) is 0. The van der Waals surface area contributed by atoms with Crippen LogP contribution < -0.4 is 16.4 Å². The summed E-state index contributed by atoms with van der Waals surface area (Å²) in [6.45, 7) is -0.221. The number of aliphatic hydroxyl groups excluding tert-OH is 2. The first-order valence-corrected chi connectivity index (χ1v) is 6.35. The fourth-order valence-electron chi connectivity index (χ4n) is 2.33. The summed E-state index contributed by atoms with van der Waals surface area (Å²) >= 11 is 5.16. The van der Waals surface area contributed by atoms with E-state index in [-0.39, 0.29) is 6.61 Å². The third-order valence-electron chi connectivity index (χ3n) is 3.28. The lowest BCUT2D eigenvalue weighted by Crippen LogP contribution is -2.50. The van der Waals surface area contributed by atoms with E-state index in [1.54, 1.807) is 10.9 Å². The second kappa shape index (κ2) is 4.69. The molecule has 6 N–H and O–H groups in total. The lowest BCUT2D eigenvalue weighted by molar-refractivity contribution is -0.0437. The number of aromatic nitrogens is 2. The van der Waals surface area contributed by atoms with Crippen LogP contribution in [0.25, 0.3) is 0 Å². The van der Waals surface area contributed by atoms with Crippen LogP contribution in [0.2, 0.25) is 0 Å². The zero-order chi connectivity index (χ0) is 13.6. The average molecular weight is 285 g/mol. The number of hydrogen-bond acceptors (Lipinski definition) is 7. The molecule has 0 aromatic carbocycles. The molecule has 0 amide bonds. The Balaban J connectivity index is 1.89. The van der Waals surface area contributed by atoms with Gasteiger partial charge in [0.1, 0.15) is 28.8 Å². The Hall–Kier alpha value is -1.26. The number of rotatable bonds is 2. The minimum absolute atomic E-state index is 0.221. The molecule has 1 aromatic rings. The second-order valence-electron chi connectivity index (χ2n) is 4.56. The van der Waals surface area contributed by atoms with Crippen LogP contribution in [0, 0.1) is 0 Å². The van der Waals surface area contributed by atoms with Crippen molar-refractivity contribution < 1.29 is 14.9 Å². The van der Waals surface area contributed by atoms with Crippen molar-refractivity contribution in [2.75, 3.05) is 11.9 Å². The van der Waals surface area contributed by atoms with Crippen LogP contribution in [0.3, 0.4) is 0 Å². The molecule has 0 aliphatic carbocycles. The third kappa shape index (κ3) is 2.09. The van der Waals surface area contributed by atoms with Crippen molar-refractivity contribution in [2.24, 2.45) is 5.73 Å². The van der Waals surface area contributed by atoms with E-state index >= 15 is 0 Å². The normalized spacial score (nSPS) is 33.7. The Morgan fingerprint density at radius 2 is 2.37 bits per heavy atom. The maximum absolute atomic E-state index is 9.76. The highest BCUT2D eigenvalue weighted by molar-refractivity contribution is 7.80. The van der Waals surface area contributed by atoms with Gasteiger partial charge in [0.05, 0.1) is 19.0 Å². The van der Waals surface area contributed by atoms with E-state index in [1.165, 1.54) is 0 Å². The highest BCUT2D eigenvalue weighted by Gasteiger charge is 2.36. The maximum Gasteiger partial charge on any atom is 0.152 e. The van der Waals surface area contributed by atoms with Gasteiger partial charge < -0.3 is 25.6 Å². The largest absolute Gasteiger partial charge is 0.394 e. The quantitative estimate of drug-likeness (QED) is 0.415. The number of fused-ring (bicyclic) bond motifs is 1. The number of imidazole rings is 1. The summed E-state index contributed by atoms with van der Waals surface area (Å²) in [5, 5.41) is 24.7. The molecule has 3 heterocycles. The van der Waals surface area contributed by atoms with Gasteiger partial charge in [0.25, 0.3) is 0 Å². The molecule has 3 rings (SSSR count). The Labute approximate surface area is 114 Å². The van der Waals surface area contributed by atoms with Crippen molar-refractivity contribution in [3.05, 3.63) is 12.0 Å². The molecule has 104 valence electrons. The molecule has 0 saturated carbocycles. The number of nitrogens with one attached hydrogen (secondary N) is 2. The van der Waals surface area contributed by atoms with E-state index in [9.17, 15) is 5.11 Å². The van der Waals surface area contributed by atoms with Gasteiger partial charge in [-0.1, -0.05) is 12.2 Å². The molecule has 4 atom stereocenters. The summed E-state index contributed by atoms with van der Waals surface area (Å²) in [6.07, 6.45) is -0.202. The van der Waals surface area contributed by atoms with Gasteiger partial charge in [0.2, 0.25) is 0 Å². The first kappa shape index (κ1) is 12.8. The summed E-state index contributed by atoms with van der Waals surface area (Å²) in [5.74, 6) is 0.659. The summed E-state index contributed by atoms with van der Waals surface area (Å²) in [4.78, 5) is 4.68. The fourth-order valence-corrected chi connectivity index (χ4v) is 2.61. The lowest BCUT2D eigenvalue weighted by atomic mass is 10.2. The van der Waals surface area contributed by atoms with Gasteiger partial charge in [-0.05, 0) is 0 Å². The van der Waals surface area contributed by atoms with Gasteiger partial charge in [-0.15, -0.1) is 0 Å². The van der Waals surface area contributed by atoms with Crippen LogP contribution >= 0.6 is 12.2 Å². The number of thiocarbonyl (C=S) groups is 1. The van der Waals surface area contributed by atoms with Gasteiger partial charge in [0, 0.05) is 6.42 Å². The highest BCUT2D eigenvalue weighted by Crippen LogP contribution is 2.33. The van der Waals surface area contributed by atoms with Crippen molar-refractivity contribution in [3.8, 4) is 0 Å². The van der Waals surface area contributed by atoms with E-state index in [4.69, 9.17) is 27.8 Å². The van der Waals surface area contributed by atoms with Crippen LogP contribution in [-0.2, 0) is 4.74 Å². The van der Waals surface area contributed by atoms with Crippen molar-refractivity contribution in [3.63, 3.8) is 0 Å². The van der Waals surface area contributed by atoms with Crippen molar-refractivity contribution in [1.82, 2.24) is 14.9 Å². The molecule has 1 saturated heterocycles. The van der Waals surface area contributed by atoms with E-state index in [0.29, 0.717) is 22.9 Å². The number of ether oxygens (including phenoxy) is 1. The number of hydrogen-bond donors (Lipinski definition) is 5. The zero-order valence-electron chi connectivity index (χ0n) is 9.98. The van der Waals surface area contributed by atoms with Crippen molar-refractivity contribution >= 4 is 23.0 Å². The summed E-state index contributed by atoms with van der Waals surface area (Å²) < 4.78 is 7.32. The zero-order valence-corrected chi connectivity index (χ0v) is 10.8. The number of nitrogens with zero attached hydrogens (tertiary/aromatic N) is 2. The molecule has 8 nitrogen and oxygen atoms in total. The van der Waals surface area contributed by atoms with Crippen LogP contribution in [0.1, 0.15) is 18.3 Å². The minimum Gasteiger partial charge on any atom is -0.394 e. The number of aliphatic hydroxyl groups is 2. The third-order valence-corrected chi connectivity index (χ3v) is 3.59. The predicted molar refractivity (Wildman–Crippen MR) is 70.3 cm³/mol. The van der Waals surface area contributed by atoms with Gasteiger partial charge in [0.15, 0.2) is 6.29 Å². The van der Waals surface area contributed by atoms with Gasteiger partial charge >= 0.3 is 0 Å². The molecule has 19 heavy (non-hydrogen) atoms. The molecular formula is C10H15N5O3S. The van der Waals surface area contributed by atoms with Gasteiger partial charge in [-0.25, -0.2) is 4.98 Å². The smallest absolute Gasteiger partial charge is 0.152 e. The molecule has 1 fully saturated rings. The first-order chi connectivity index (χ1) is 9.10. The average Bonchev–Trinajstić information content (AvgIpc) is 2.92. The molecule has 9 heteroatoms. The summed E-state index contributed by atoms with van der Waals surface area (Å²) in [5.41, 5.74) is 6.37. The van der Waals surface area contributed by atoms with E-state index in [0.717, 1.165) is 0 Å². The molecule has 0 spiro atoms. The van der Waals surface area contributed by atoms with E-state index in [1.807, 2.05) is 0 Å². The molecule has 3 unspecified atom stereocenters. The first-order valence-electron chi connectivity index (χ1n) is 5.94. The second-order valence-corrected chi connectivity index (χ2v) is 4.97. The van der Waals surface area contributed by atoms with Crippen LogP contribution in [-0.4, -0.2) is 49.9 Å².